The summed E-state index contributed by atoms with van der Waals surface area (Å²) < 4.78 is 54.2. The molecule has 0 atom stereocenters. The Morgan fingerprint density at radius 1 is 1.29 bits per heavy atom. The number of halogens is 4. The molecule has 3 rings (SSSR count). The third-order valence-electron chi connectivity index (χ3n) is 5.04. The van der Waals surface area contributed by atoms with Crippen molar-refractivity contribution in [1.29, 1.82) is 5.26 Å². The zero-order valence-electron chi connectivity index (χ0n) is 16.3. The van der Waals surface area contributed by atoms with Crippen molar-refractivity contribution in [2.45, 2.75) is 24.6 Å². The molecule has 0 heterocycles. The van der Waals surface area contributed by atoms with Gasteiger partial charge in [-0.1, -0.05) is 5.18 Å². The second-order valence-corrected chi connectivity index (χ2v) is 7.45. The van der Waals surface area contributed by atoms with E-state index in [0.717, 1.165) is 12.1 Å². The number of hydrogen-bond donors (Lipinski definition) is 2. The van der Waals surface area contributed by atoms with Gasteiger partial charge in [-0.05, 0) is 61.5 Å². The zero-order valence-corrected chi connectivity index (χ0v) is 17.1. The van der Waals surface area contributed by atoms with Crippen molar-refractivity contribution in [3.05, 3.63) is 58.2 Å². The maximum absolute atomic E-state index is 14.4. The van der Waals surface area contributed by atoms with Crippen LogP contribution in [0.5, 0.6) is 0 Å². The van der Waals surface area contributed by atoms with E-state index in [4.69, 9.17) is 17.5 Å². The Labute approximate surface area is 180 Å². The lowest BCUT2D eigenvalue weighted by molar-refractivity contribution is -0.137. The molecule has 0 unspecified atom stereocenters. The molecule has 0 saturated heterocycles. The molecule has 6 nitrogen and oxygen atoms in total. The molecule has 2 N–H and O–H groups in total. The van der Waals surface area contributed by atoms with Crippen LogP contribution in [0.3, 0.4) is 0 Å². The Bertz CT molecular complexity index is 1060. The lowest BCUT2D eigenvalue weighted by Gasteiger charge is -2.33. The average Bonchev–Trinajstić information content (AvgIpc) is 3.48. The van der Waals surface area contributed by atoms with Crippen LogP contribution in [-0.2, 0) is 6.18 Å². The minimum Gasteiger partial charge on any atom is -0.386 e. The van der Waals surface area contributed by atoms with E-state index in [0.29, 0.717) is 18.5 Å². The molecule has 1 aliphatic rings. The number of rotatable bonds is 6. The van der Waals surface area contributed by atoms with E-state index >= 15 is 0 Å². The van der Waals surface area contributed by atoms with Gasteiger partial charge in [0, 0.05) is 18.4 Å². The number of anilines is 3. The van der Waals surface area contributed by atoms with Crippen molar-refractivity contribution in [2.24, 2.45) is 5.18 Å². The molecule has 0 aliphatic heterocycles. The predicted octanol–water partition coefficient (Wildman–Crippen LogP) is 5.26. The lowest BCUT2D eigenvalue weighted by Crippen LogP contribution is -2.46. The molecule has 2 aromatic carbocycles. The summed E-state index contributed by atoms with van der Waals surface area (Å²) in [4.78, 5) is 12.5. The number of nitroso groups, excluding NO2 is 1. The highest BCUT2D eigenvalue weighted by molar-refractivity contribution is 7.80. The van der Waals surface area contributed by atoms with Gasteiger partial charge in [-0.15, -0.1) is 0 Å². The third-order valence-corrected chi connectivity index (χ3v) is 5.32. The number of hydrogen-bond acceptors (Lipinski definition) is 5. The van der Waals surface area contributed by atoms with Gasteiger partial charge < -0.3 is 15.5 Å². The summed E-state index contributed by atoms with van der Waals surface area (Å²) in [7, 11) is 1.56. The van der Waals surface area contributed by atoms with Gasteiger partial charge in [0.25, 0.3) is 0 Å². The van der Waals surface area contributed by atoms with Crippen molar-refractivity contribution < 1.29 is 17.6 Å². The number of alkyl halides is 3. The van der Waals surface area contributed by atoms with E-state index in [9.17, 15) is 22.5 Å². The molecule has 1 fully saturated rings. The number of benzene rings is 2. The summed E-state index contributed by atoms with van der Waals surface area (Å²) in [6.07, 6.45) is -3.62. The standard InChI is InChI=1S/C20H17F4N5OS/c1-26-17-5-4-14(9-16(17)21)29(19(6-7-19)11-27-30)18(31)28-13-3-2-12(10-25)15(8-13)20(22,23)24/h2-5,8-9,26H,6-7,11H2,1H3,(H,28,31). The van der Waals surface area contributed by atoms with Crippen molar-refractivity contribution >= 4 is 34.4 Å². The molecular weight excluding hydrogens is 434 g/mol. The largest absolute Gasteiger partial charge is 0.417 e. The summed E-state index contributed by atoms with van der Waals surface area (Å²) in [6, 6.07) is 8.94. The fourth-order valence-corrected chi connectivity index (χ4v) is 3.72. The molecule has 1 saturated carbocycles. The Morgan fingerprint density at radius 3 is 2.52 bits per heavy atom. The van der Waals surface area contributed by atoms with Gasteiger partial charge in [-0.2, -0.15) is 23.3 Å². The molecule has 0 radical (unpaired) electrons. The molecule has 0 amide bonds. The van der Waals surface area contributed by atoms with Crippen LogP contribution in [-0.4, -0.2) is 24.2 Å². The summed E-state index contributed by atoms with van der Waals surface area (Å²) in [6.45, 7) is -0.120. The first-order valence-corrected chi connectivity index (χ1v) is 9.55. The first kappa shape index (κ1) is 22.4. The van der Waals surface area contributed by atoms with Crippen LogP contribution < -0.4 is 15.5 Å². The molecule has 2 aromatic rings. The van der Waals surface area contributed by atoms with Crippen LogP contribution in [0.15, 0.2) is 41.6 Å². The summed E-state index contributed by atoms with van der Waals surface area (Å²) in [5.41, 5.74) is -1.81. The van der Waals surface area contributed by atoms with E-state index < -0.39 is 28.7 Å². The fraction of sp³-hybridized carbons (Fsp3) is 0.300. The SMILES string of the molecule is CNc1ccc(N(C(=S)Nc2ccc(C#N)c(C(F)(F)F)c2)C2(CN=O)CC2)cc1F. The Morgan fingerprint density at radius 2 is 2.00 bits per heavy atom. The summed E-state index contributed by atoms with van der Waals surface area (Å²) in [5, 5.41) is 17.3. The minimum absolute atomic E-state index is 0.00324. The van der Waals surface area contributed by atoms with Crippen LogP contribution in [0.25, 0.3) is 0 Å². The molecule has 0 aromatic heterocycles. The Balaban J connectivity index is 1.98. The zero-order chi connectivity index (χ0) is 22.8. The van der Waals surface area contributed by atoms with Gasteiger partial charge in [-0.25, -0.2) is 4.39 Å². The smallest absolute Gasteiger partial charge is 0.386 e. The van der Waals surface area contributed by atoms with Crippen molar-refractivity contribution in [1.82, 2.24) is 0 Å². The van der Waals surface area contributed by atoms with Crippen LogP contribution in [0.2, 0.25) is 0 Å². The van der Waals surface area contributed by atoms with E-state index in [-0.39, 0.29) is 23.0 Å². The highest BCUT2D eigenvalue weighted by atomic mass is 32.1. The monoisotopic (exact) mass is 451 g/mol. The van der Waals surface area contributed by atoms with E-state index in [2.05, 4.69) is 15.8 Å². The van der Waals surface area contributed by atoms with E-state index in [1.54, 1.807) is 13.1 Å². The minimum atomic E-state index is -4.73. The fourth-order valence-electron chi connectivity index (χ4n) is 3.30. The second kappa shape index (κ2) is 8.47. The molecule has 11 heteroatoms. The van der Waals surface area contributed by atoms with Crippen molar-refractivity contribution in [3.63, 3.8) is 0 Å². The number of nitriles is 1. The molecular formula is C20H17F4N5OS. The van der Waals surface area contributed by atoms with E-state index in [1.165, 1.54) is 29.2 Å². The van der Waals surface area contributed by atoms with Gasteiger partial charge in [0.1, 0.15) is 12.4 Å². The third kappa shape index (κ3) is 4.59. The molecule has 0 bridgehead atoms. The first-order chi connectivity index (χ1) is 14.6. The maximum atomic E-state index is 14.4. The first-order valence-electron chi connectivity index (χ1n) is 9.14. The highest BCUT2D eigenvalue weighted by Gasteiger charge is 2.50. The quantitative estimate of drug-likeness (QED) is 0.354. The van der Waals surface area contributed by atoms with Gasteiger partial charge in [0.05, 0.1) is 28.4 Å². The number of nitrogens with zero attached hydrogens (tertiary/aromatic N) is 3. The predicted molar refractivity (Wildman–Crippen MR) is 113 cm³/mol. The van der Waals surface area contributed by atoms with Crippen molar-refractivity contribution in [2.75, 3.05) is 29.1 Å². The van der Waals surface area contributed by atoms with Crippen LogP contribution in [0, 0.1) is 22.1 Å². The Kier molecular flexibility index (Phi) is 6.13. The average molecular weight is 451 g/mol. The van der Waals surface area contributed by atoms with Crippen LogP contribution in [0.4, 0.5) is 34.6 Å². The molecule has 1 aliphatic carbocycles. The van der Waals surface area contributed by atoms with Crippen LogP contribution in [0.1, 0.15) is 24.0 Å². The highest BCUT2D eigenvalue weighted by Crippen LogP contribution is 2.45. The van der Waals surface area contributed by atoms with Crippen LogP contribution >= 0.6 is 12.2 Å². The van der Waals surface area contributed by atoms with E-state index in [1.807, 2.05) is 0 Å². The van der Waals surface area contributed by atoms with Crippen molar-refractivity contribution in [3.8, 4) is 6.07 Å². The van der Waals surface area contributed by atoms with Gasteiger partial charge >= 0.3 is 6.18 Å². The normalized spacial score (nSPS) is 14.3. The molecule has 162 valence electrons. The molecule has 31 heavy (non-hydrogen) atoms. The lowest BCUT2D eigenvalue weighted by atomic mass is 10.1. The molecule has 0 spiro atoms. The summed E-state index contributed by atoms with van der Waals surface area (Å²) >= 11 is 5.43. The number of nitrogens with one attached hydrogen (secondary N) is 2. The van der Waals surface area contributed by atoms with Gasteiger partial charge in [0.15, 0.2) is 5.11 Å². The maximum Gasteiger partial charge on any atom is 0.417 e. The van der Waals surface area contributed by atoms with Gasteiger partial charge in [-0.3, -0.25) is 0 Å². The summed E-state index contributed by atoms with van der Waals surface area (Å²) in [5.74, 6) is -0.555. The number of thiocarbonyl (C=S) groups is 1. The second-order valence-electron chi connectivity index (χ2n) is 7.06. The topological polar surface area (TPSA) is 80.5 Å². The Hall–Kier alpha value is -3.26. The van der Waals surface area contributed by atoms with Gasteiger partial charge in [0.2, 0.25) is 0 Å².